The molecular formula is C12H13NO. The van der Waals surface area contributed by atoms with Gasteiger partial charge in [-0.25, -0.2) is 0 Å². The van der Waals surface area contributed by atoms with Crippen molar-refractivity contribution in [1.82, 2.24) is 4.98 Å². The summed E-state index contributed by atoms with van der Waals surface area (Å²) in [5, 5.41) is 1.18. The van der Waals surface area contributed by atoms with Crippen LogP contribution in [0.15, 0.2) is 24.4 Å². The lowest BCUT2D eigenvalue weighted by Crippen LogP contribution is -1.96. The summed E-state index contributed by atoms with van der Waals surface area (Å²) in [5.41, 5.74) is 3.46. The predicted molar refractivity (Wildman–Crippen MR) is 57.4 cm³/mol. The highest BCUT2D eigenvalue weighted by atomic mass is 16.1. The third-order valence-corrected chi connectivity index (χ3v) is 2.37. The number of H-pyrrole nitrogens is 1. The fourth-order valence-electron chi connectivity index (χ4n) is 1.82. The number of carbonyl (C=O) groups is 1. The molecule has 0 fully saturated rings. The third kappa shape index (κ3) is 1.55. The summed E-state index contributed by atoms with van der Waals surface area (Å²) in [6, 6.07) is 6.17. The van der Waals surface area contributed by atoms with E-state index < -0.39 is 0 Å². The number of Topliss-reactive ketones (excluding diaryl/α,β-unsaturated/α-hetero) is 1. The van der Waals surface area contributed by atoms with Gasteiger partial charge in [0.15, 0.2) is 0 Å². The normalized spacial score (nSPS) is 10.7. The van der Waals surface area contributed by atoms with E-state index >= 15 is 0 Å². The zero-order chi connectivity index (χ0) is 10.1. The Bertz CT molecular complexity index is 482. The number of ketones is 1. The largest absolute Gasteiger partial charge is 0.361 e. The zero-order valence-corrected chi connectivity index (χ0v) is 8.42. The Balaban J connectivity index is 2.53. The van der Waals surface area contributed by atoms with Crippen LogP contribution in [0, 0.1) is 6.92 Å². The minimum Gasteiger partial charge on any atom is -0.361 e. The smallest absolute Gasteiger partial charge is 0.134 e. The van der Waals surface area contributed by atoms with Gasteiger partial charge < -0.3 is 4.98 Å². The number of hydrogen-bond acceptors (Lipinski definition) is 1. The maximum Gasteiger partial charge on any atom is 0.134 e. The maximum absolute atomic E-state index is 11.0. The number of aromatic amines is 1. The molecule has 0 saturated heterocycles. The fraction of sp³-hybridized carbons (Fsp3) is 0.250. The Morgan fingerprint density at radius 2 is 2.21 bits per heavy atom. The Hall–Kier alpha value is -1.57. The molecule has 2 nitrogen and oxygen atoms in total. The molecule has 0 radical (unpaired) electrons. The van der Waals surface area contributed by atoms with Crippen molar-refractivity contribution in [2.75, 3.05) is 0 Å². The molecule has 1 aromatic heterocycles. The Morgan fingerprint density at radius 1 is 1.43 bits per heavy atom. The van der Waals surface area contributed by atoms with Crippen LogP contribution in [0.5, 0.6) is 0 Å². The van der Waals surface area contributed by atoms with Gasteiger partial charge in [0, 0.05) is 18.1 Å². The van der Waals surface area contributed by atoms with Crippen molar-refractivity contribution < 1.29 is 4.79 Å². The van der Waals surface area contributed by atoms with E-state index in [0.717, 1.165) is 11.1 Å². The molecule has 14 heavy (non-hydrogen) atoms. The van der Waals surface area contributed by atoms with Crippen LogP contribution >= 0.6 is 0 Å². The number of hydrogen-bond donors (Lipinski definition) is 1. The van der Waals surface area contributed by atoms with E-state index in [0.29, 0.717) is 6.42 Å². The highest BCUT2D eigenvalue weighted by molar-refractivity contribution is 5.85. The monoisotopic (exact) mass is 187 g/mol. The molecule has 0 spiro atoms. The van der Waals surface area contributed by atoms with E-state index in [1.54, 1.807) is 6.92 Å². The summed E-state index contributed by atoms with van der Waals surface area (Å²) in [4.78, 5) is 14.2. The van der Waals surface area contributed by atoms with Gasteiger partial charge in [-0.2, -0.15) is 0 Å². The van der Waals surface area contributed by atoms with Crippen LogP contribution in [0.25, 0.3) is 10.9 Å². The highest BCUT2D eigenvalue weighted by Crippen LogP contribution is 2.19. The second kappa shape index (κ2) is 3.29. The number of aryl methyl sites for hydroxylation is 1. The molecule has 1 heterocycles. The molecule has 0 unspecified atom stereocenters. The third-order valence-electron chi connectivity index (χ3n) is 2.37. The van der Waals surface area contributed by atoms with Crippen molar-refractivity contribution in [1.29, 1.82) is 0 Å². The van der Waals surface area contributed by atoms with Crippen molar-refractivity contribution in [3.8, 4) is 0 Å². The number of nitrogens with one attached hydrogen (secondary N) is 1. The molecule has 0 amide bonds. The first-order valence-electron chi connectivity index (χ1n) is 4.73. The van der Waals surface area contributed by atoms with Gasteiger partial charge in [-0.05, 0) is 42.5 Å². The Morgan fingerprint density at radius 3 is 2.93 bits per heavy atom. The minimum atomic E-state index is 0.208. The maximum atomic E-state index is 11.0. The van der Waals surface area contributed by atoms with E-state index in [1.165, 1.54) is 10.9 Å². The van der Waals surface area contributed by atoms with Gasteiger partial charge in [0.2, 0.25) is 0 Å². The van der Waals surface area contributed by atoms with Crippen molar-refractivity contribution in [3.63, 3.8) is 0 Å². The lowest BCUT2D eigenvalue weighted by molar-refractivity contribution is -0.116. The molecule has 1 N–H and O–H groups in total. The summed E-state index contributed by atoms with van der Waals surface area (Å²) >= 11 is 0. The lowest BCUT2D eigenvalue weighted by Gasteiger charge is -2.01. The first kappa shape index (κ1) is 9.00. The molecule has 2 rings (SSSR count). The molecule has 1 aromatic carbocycles. The lowest BCUT2D eigenvalue weighted by atomic mass is 10.0. The summed E-state index contributed by atoms with van der Waals surface area (Å²) in [7, 11) is 0. The van der Waals surface area contributed by atoms with E-state index in [-0.39, 0.29) is 5.78 Å². The van der Waals surface area contributed by atoms with Gasteiger partial charge in [0.05, 0.1) is 0 Å². The zero-order valence-electron chi connectivity index (χ0n) is 8.42. The Kier molecular flexibility index (Phi) is 2.12. The van der Waals surface area contributed by atoms with Gasteiger partial charge in [0.1, 0.15) is 5.78 Å². The van der Waals surface area contributed by atoms with E-state index in [2.05, 4.69) is 24.0 Å². The molecule has 0 aliphatic carbocycles. The molecule has 0 bridgehead atoms. The molecule has 2 heteroatoms. The number of benzene rings is 1. The highest BCUT2D eigenvalue weighted by Gasteiger charge is 2.03. The number of carbonyl (C=O) groups excluding carboxylic acids is 1. The van der Waals surface area contributed by atoms with Crippen LogP contribution in [-0.2, 0) is 11.2 Å². The minimum absolute atomic E-state index is 0.208. The van der Waals surface area contributed by atoms with Crippen molar-refractivity contribution >= 4 is 16.7 Å². The first-order valence-corrected chi connectivity index (χ1v) is 4.73. The summed E-state index contributed by atoms with van der Waals surface area (Å²) in [6.45, 7) is 3.68. The van der Waals surface area contributed by atoms with E-state index in [4.69, 9.17) is 0 Å². The molecule has 72 valence electrons. The van der Waals surface area contributed by atoms with Gasteiger partial charge in [-0.1, -0.05) is 6.07 Å². The summed E-state index contributed by atoms with van der Waals surface area (Å²) in [5.74, 6) is 0.208. The molecular weight excluding hydrogens is 174 g/mol. The van der Waals surface area contributed by atoms with Gasteiger partial charge in [-0.3, -0.25) is 4.79 Å². The van der Waals surface area contributed by atoms with Gasteiger partial charge in [-0.15, -0.1) is 0 Å². The van der Waals surface area contributed by atoms with Gasteiger partial charge >= 0.3 is 0 Å². The van der Waals surface area contributed by atoms with Crippen molar-refractivity contribution in [2.24, 2.45) is 0 Å². The molecule has 0 aliphatic rings. The van der Waals surface area contributed by atoms with Crippen molar-refractivity contribution in [2.45, 2.75) is 20.3 Å². The topological polar surface area (TPSA) is 32.9 Å². The van der Waals surface area contributed by atoms with Crippen LogP contribution in [0.1, 0.15) is 18.1 Å². The van der Waals surface area contributed by atoms with Crippen LogP contribution in [0.2, 0.25) is 0 Å². The molecule has 0 aliphatic heterocycles. The van der Waals surface area contributed by atoms with Gasteiger partial charge in [0.25, 0.3) is 0 Å². The average Bonchev–Trinajstić information content (AvgIpc) is 2.50. The second-order valence-corrected chi connectivity index (χ2v) is 3.73. The molecule has 0 saturated carbocycles. The van der Waals surface area contributed by atoms with Crippen LogP contribution in [0.4, 0.5) is 0 Å². The predicted octanol–water partition coefficient (Wildman–Crippen LogP) is 2.61. The van der Waals surface area contributed by atoms with Crippen LogP contribution < -0.4 is 0 Å². The quantitative estimate of drug-likeness (QED) is 0.770. The Labute approximate surface area is 82.9 Å². The average molecular weight is 187 g/mol. The standard InChI is InChI=1S/C12H13NO/c1-8-5-10(6-9(2)14)7-11-3-4-13-12(8)11/h3-5,7,13H,6H2,1-2H3. The molecule has 2 aromatic rings. The van der Waals surface area contributed by atoms with E-state index in [9.17, 15) is 4.79 Å². The molecule has 0 atom stereocenters. The van der Waals surface area contributed by atoms with Crippen LogP contribution in [0.3, 0.4) is 0 Å². The van der Waals surface area contributed by atoms with Crippen molar-refractivity contribution in [3.05, 3.63) is 35.5 Å². The number of fused-ring (bicyclic) bond motifs is 1. The first-order chi connectivity index (χ1) is 6.66. The summed E-state index contributed by atoms with van der Waals surface area (Å²) < 4.78 is 0. The number of rotatable bonds is 2. The summed E-state index contributed by atoms with van der Waals surface area (Å²) in [6.07, 6.45) is 2.46. The van der Waals surface area contributed by atoms with E-state index in [1.807, 2.05) is 12.3 Å². The SMILES string of the molecule is CC(=O)Cc1cc(C)c2[nH]ccc2c1. The second-order valence-electron chi connectivity index (χ2n) is 3.73. The number of aromatic nitrogens is 1. The fourth-order valence-corrected chi connectivity index (χ4v) is 1.82. The van der Waals surface area contributed by atoms with Crippen LogP contribution in [-0.4, -0.2) is 10.8 Å².